The minimum atomic E-state index is -0.129. The summed E-state index contributed by atoms with van der Waals surface area (Å²) in [6.07, 6.45) is 11.3. The summed E-state index contributed by atoms with van der Waals surface area (Å²) < 4.78 is 10.9. The standard InChI is InChI=1S/C24H39NO4/c1-17(15-28-23(26)5-4-8-25-6-2-3-7-25)16-29-24(27)14-22-20-10-18-9-19(12-20)13-21(22)11-18/h17-22H,2-16H2,1H3. The second-order valence-electron chi connectivity index (χ2n) is 10.4. The topological polar surface area (TPSA) is 55.8 Å². The molecule has 1 unspecified atom stereocenters. The van der Waals surface area contributed by atoms with E-state index in [1.54, 1.807) is 0 Å². The molecule has 164 valence electrons. The van der Waals surface area contributed by atoms with E-state index in [0.29, 0.717) is 32.0 Å². The zero-order chi connectivity index (χ0) is 20.2. The summed E-state index contributed by atoms with van der Waals surface area (Å²) in [5.41, 5.74) is 0. The molecule has 0 radical (unpaired) electrons. The molecule has 0 amide bonds. The fourth-order valence-electron chi connectivity index (χ4n) is 6.67. The first kappa shape index (κ1) is 21.1. The molecule has 0 aromatic rings. The van der Waals surface area contributed by atoms with E-state index in [1.807, 2.05) is 6.92 Å². The zero-order valence-corrected chi connectivity index (χ0v) is 18.2. The Morgan fingerprint density at radius 3 is 2.10 bits per heavy atom. The molecular formula is C24H39NO4. The normalized spacial score (nSPS) is 34.3. The Bertz CT molecular complexity index is 543. The van der Waals surface area contributed by atoms with Gasteiger partial charge in [-0.3, -0.25) is 9.59 Å². The Hall–Kier alpha value is -1.10. The number of hydrogen-bond acceptors (Lipinski definition) is 5. The van der Waals surface area contributed by atoms with E-state index in [1.165, 1.54) is 58.0 Å². The van der Waals surface area contributed by atoms with Gasteiger partial charge in [0.25, 0.3) is 0 Å². The Labute approximate surface area is 175 Å². The molecule has 0 aromatic carbocycles. The van der Waals surface area contributed by atoms with Crippen molar-refractivity contribution < 1.29 is 19.1 Å². The Balaban J connectivity index is 1.07. The second kappa shape index (κ2) is 9.80. The van der Waals surface area contributed by atoms with Crippen molar-refractivity contribution in [2.45, 2.75) is 71.1 Å². The molecule has 5 aliphatic rings. The van der Waals surface area contributed by atoms with Crippen LogP contribution < -0.4 is 0 Å². The maximum atomic E-state index is 12.4. The van der Waals surface area contributed by atoms with Crippen LogP contribution in [0.2, 0.25) is 0 Å². The maximum absolute atomic E-state index is 12.4. The Kier molecular flexibility index (Phi) is 7.15. The van der Waals surface area contributed by atoms with Crippen LogP contribution in [0.3, 0.4) is 0 Å². The Morgan fingerprint density at radius 2 is 1.48 bits per heavy atom. The van der Waals surface area contributed by atoms with Gasteiger partial charge in [0, 0.05) is 18.8 Å². The van der Waals surface area contributed by atoms with Crippen LogP contribution in [0.5, 0.6) is 0 Å². The highest BCUT2D eigenvalue weighted by molar-refractivity contribution is 5.70. The van der Waals surface area contributed by atoms with E-state index in [0.717, 1.165) is 36.6 Å². The molecule has 5 rings (SSSR count). The highest BCUT2D eigenvalue weighted by Crippen LogP contribution is 2.57. The number of likely N-dealkylation sites (tertiary alicyclic amines) is 1. The van der Waals surface area contributed by atoms with E-state index >= 15 is 0 Å². The van der Waals surface area contributed by atoms with Gasteiger partial charge in [-0.25, -0.2) is 0 Å². The van der Waals surface area contributed by atoms with Gasteiger partial charge in [0.1, 0.15) is 0 Å². The van der Waals surface area contributed by atoms with Crippen LogP contribution in [0.4, 0.5) is 0 Å². The predicted molar refractivity (Wildman–Crippen MR) is 111 cm³/mol. The molecule has 5 heteroatoms. The van der Waals surface area contributed by atoms with Crippen LogP contribution in [-0.4, -0.2) is 49.7 Å². The molecule has 1 heterocycles. The highest BCUT2D eigenvalue weighted by Gasteiger charge is 2.48. The molecule has 4 bridgehead atoms. The molecule has 0 aromatic heterocycles. The van der Waals surface area contributed by atoms with Gasteiger partial charge in [0.2, 0.25) is 0 Å². The van der Waals surface area contributed by atoms with Crippen molar-refractivity contribution in [3.05, 3.63) is 0 Å². The third-order valence-electron chi connectivity index (χ3n) is 7.94. The quantitative estimate of drug-likeness (QED) is 0.513. The molecule has 0 N–H and O–H groups in total. The molecule has 4 saturated carbocycles. The molecule has 1 atom stereocenters. The largest absolute Gasteiger partial charge is 0.465 e. The minimum Gasteiger partial charge on any atom is -0.465 e. The molecule has 1 saturated heterocycles. The number of carbonyl (C=O) groups is 2. The lowest BCUT2D eigenvalue weighted by Crippen LogP contribution is -2.45. The van der Waals surface area contributed by atoms with Gasteiger partial charge in [-0.2, -0.15) is 0 Å². The molecule has 0 spiro atoms. The first-order chi connectivity index (χ1) is 14.1. The van der Waals surface area contributed by atoms with E-state index in [2.05, 4.69) is 4.90 Å². The number of hydrogen-bond donors (Lipinski definition) is 0. The molecule has 29 heavy (non-hydrogen) atoms. The smallest absolute Gasteiger partial charge is 0.306 e. The number of carbonyl (C=O) groups excluding carboxylic acids is 2. The van der Waals surface area contributed by atoms with E-state index in [4.69, 9.17) is 9.47 Å². The third kappa shape index (κ3) is 5.74. The Morgan fingerprint density at radius 1 is 0.897 bits per heavy atom. The van der Waals surface area contributed by atoms with Crippen LogP contribution in [0.25, 0.3) is 0 Å². The monoisotopic (exact) mass is 405 g/mol. The summed E-state index contributed by atoms with van der Waals surface area (Å²) in [4.78, 5) is 26.7. The fraction of sp³-hybridized carbons (Fsp3) is 0.917. The van der Waals surface area contributed by atoms with Crippen molar-refractivity contribution in [1.82, 2.24) is 4.90 Å². The van der Waals surface area contributed by atoms with Crippen LogP contribution in [0.15, 0.2) is 0 Å². The van der Waals surface area contributed by atoms with E-state index in [-0.39, 0.29) is 17.9 Å². The van der Waals surface area contributed by atoms with E-state index < -0.39 is 0 Å². The average Bonchev–Trinajstić information content (AvgIpc) is 3.20. The summed E-state index contributed by atoms with van der Waals surface area (Å²) in [5, 5.41) is 0. The zero-order valence-electron chi connectivity index (χ0n) is 18.2. The number of nitrogens with zero attached hydrogens (tertiary/aromatic N) is 1. The van der Waals surface area contributed by atoms with Crippen molar-refractivity contribution in [3.8, 4) is 0 Å². The number of ether oxygens (including phenoxy) is 2. The predicted octanol–water partition coefficient (Wildman–Crippen LogP) is 4.05. The van der Waals surface area contributed by atoms with Crippen LogP contribution in [0, 0.1) is 35.5 Å². The summed E-state index contributed by atoms with van der Waals surface area (Å²) in [7, 11) is 0. The summed E-state index contributed by atoms with van der Waals surface area (Å²) in [6, 6.07) is 0. The summed E-state index contributed by atoms with van der Waals surface area (Å²) in [6.45, 7) is 6.00. The minimum absolute atomic E-state index is 0.0498. The number of esters is 2. The van der Waals surface area contributed by atoms with Gasteiger partial charge in [-0.1, -0.05) is 6.92 Å². The van der Waals surface area contributed by atoms with Gasteiger partial charge in [-0.15, -0.1) is 0 Å². The molecule has 1 aliphatic heterocycles. The van der Waals surface area contributed by atoms with Crippen molar-refractivity contribution in [1.29, 1.82) is 0 Å². The second-order valence-corrected chi connectivity index (χ2v) is 10.4. The van der Waals surface area contributed by atoms with Gasteiger partial charge >= 0.3 is 11.9 Å². The van der Waals surface area contributed by atoms with Crippen molar-refractivity contribution in [3.63, 3.8) is 0 Å². The highest BCUT2D eigenvalue weighted by atomic mass is 16.5. The lowest BCUT2D eigenvalue weighted by molar-refractivity contribution is -0.152. The van der Waals surface area contributed by atoms with Crippen LogP contribution in [-0.2, 0) is 19.1 Å². The first-order valence-electron chi connectivity index (χ1n) is 12.1. The average molecular weight is 406 g/mol. The molecule has 5 nitrogen and oxygen atoms in total. The number of rotatable bonds is 10. The van der Waals surface area contributed by atoms with Crippen molar-refractivity contribution >= 4 is 11.9 Å². The lowest BCUT2D eigenvalue weighted by atomic mass is 9.51. The SMILES string of the molecule is CC(COC(=O)CCCN1CCCC1)COC(=O)CC1C2CC3CC(C2)CC1C3. The molecule has 4 aliphatic carbocycles. The van der Waals surface area contributed by atoms with Gasteiger partial charge in [-0.05, 0) is 101 Å². The van der Waals surface area contributed by atoms with Gasteiger partial charge < -0.3 is 14.4 Å². The van der Waals surface area contributed by atoms with Crippen LogP contribution in [0.1, 0.15) is 71.1 Å². The molecule has 5 fully saturated rings. The van der Waals surface area contributed by atoms with Crippen molar-refractivity contribution in [2.75, 3.05) is 32.8 Å². The summed E-state index contributed by atoms with van der Waals surface area (Å²) in [5.74, 6) is 3.83. The third-order valence-corrected chi connectivity index (χ3v) is 7.94. The van der Waals surface area contributed by atoms with Crippen LogP contribution >= 0.6 is 0 Å². The van der Waals surface area contributed by atoms with E-state index in [9.17, 15) is 9.59 Å². The molecular weight excluding hydrogens is 366 g/mol. The van der Waals surface area contributed by atoms with Gasteiger partial charge in [0.15, 0.2) is 0 Å². The maximum Gasteiger partial charge on any atom is 0.306 e. The lowest BCUT2D eigenvalue weighted by Gasteiger charge is -2.54. The van der Waals surface area contributed by atoms with Crippen molar-refractivity contribution in [2.24, 2.45) is 35.5 Å². The first-order valence-corrected chi connectivity index (χ1v) is 12.1. The summed E-state index contributed by atoms with van der Waals surface area (Å²) >= 11 is 0. The fourth-order valence-corrected chi connectivity index (χ4v) is 6.67. The van der Waals surface area contributed by atoms with Gasteiger partial charge in [0.05, 0.1) is 13.2 Å².